The van der Waals surface area contributed by atoms with E-state index in [1.165, 1.54) is 19.2 Å². The predicted molar refractivity (Wildman–Crippen MR) is 94.8 cm³/mol. The zero-order valence-electron chi connectivity index (χ0n) is 14.3. The van der Waals surface area contributed by atoms with Crippen molar-refractivity contribution in [3.63, 3.8) is 0 Å². The summed E-state index contributed by atoms with van der Waals surface area (Å²) in [7, 11) is 1.28. The van der Waals surface area contributed by atoms with Crippen LogP contribution in [0.4, 0.5) is 8.78 Å². The standard InChI is InChI=1S/C18H13F2NO2.C2H6/c1-23-18(22)15-9-8-11-4-3-7-14(16(11)21-15)12-5-2-6-13(10-12)17(19)20;1-2/h2-10,17H,1H3;1-2H3. The SMILES string of the molecule is CC.COC(=O)c1ccc2cccc(-c3cccc(C(F)F)c3)c2n1. The number of fused-ring (bicyclic) bond motifs is 1. The minimum Gasteiger partial charge on any atom is -0.464 e. The fourth-order valence-electron chi connectivity index (χ4n) is 2.44. The van der Waals surface area contributed by atoms with Crippen molar-refractivity contribution in [1.29, 1.82) is 0 Å². The van der Waals surface area contributed by atoms with E-state index in [2.05, 4.69) is 9.72 Å². The Balaban J connectivity index is 0.00000109. The molecule has 5 heteroatoms. The Morgan fingerprint density at radius 3 is 2.44 bits per heavy atom. The number of methoxy groups -OCH3 is 1. The number of rotatable bonds is 3. The lowest BCUT2D eigenvalue weighted by molar-refractivity contribution is 0.0594. The van der Waals surface area contributed by atoms with Crippen LogP contribution in [0.2, 0.25) is 0 Å². The van der Waals surface area contributed by atoms with Crippen molar-refractivity contribution in [2.45, 2.75) is 20.3 Å². The van der Waals surface area contributed by atoms with Gasteiger partial charge in [0.2, 0.25) is 0 Å². The van der Waals surface area contributed by atoms with Gasteiger partial charge >= 0.3 is 5.97 Å². The molecule has 0 amide bonds. The highest BCUT2D eigenvalue weighted by Gasteiger charge is 2.13. The van der Waals surface area contributed by atoms with E-state index in [0.29, 0.717) is 16.6 Å². The van der Waals surface area contributed by atoms with Gasteiger partial charge in [-0.3, -0.25) is 0 Å². The summed E-state index contributed by atoms with van der Waals surface area (Å²) in [6.45, 7) is 4.00. The van der Waals surface area contributed by atoms with Crippen LogP contribution in [0, 0.1) is 0 Å². The maximum absolute atomic E-state index is 12.9. The number of ether oxygens (including phenoxy) is 1. The summed E-state index contributed by atoms with van der Waals surface area (Å²) in [6.07, 6.45) is -2.54. The zero-order chi connectivity index (χ0) is 18.4. The van der Waals surface area contributed by atoms with Crippen LogP contribution in [0.3, 0.4) is 0 Å². The number of carbonyl (C=O) groups is 1. The first-order valence-corrected chi connectivity index (χ1v) is 7.96. The van der Waals surface area contributed by atoms with Gasteiger partial charge in [0.15, 0.2) is 0 Å². The summed E-state index contributed by atoms with van der Waals surface area (Å²) in [6, 6.07) is 14.9. The lowest BCUT2D eigenvalue weighted by Crippen LogP contribution is -2.04. The fraction of sp³-hybridized carbons (Fsp3) is 0.200. The second-order valence-corrected chi connectivity index (χ2v) is 4.99. The summed E-state index contributed by atoms with van der Waals surface area (Å²) < 4.78 is 30.5. The van der Waals surface area contributed by atoms with Crippen molar-refractivity contribution < 1.29 is 18.3 Å². The van der Waals surface area contributed by atoms with Crippen molar-refractivity contribution in [3.05, 3.63) is 65.9 Å². The molecule has 0 atom stereocenters. The average molecular weight is 343 g/mol. The number of hydrogen-bond acceptors (Lipinski definition) is 3. The van der Waals surface area contributed by atoms with E-state index in [-0.39, 0.29) is 11.3 Å². The number of esters is 1. The Kier molecular flexibility index (Phi) is 6.17. The molecule has 0 aliphatic carbocycles. The maximum atomic E-state index is 12.9. The van der Waals surface area contributed by atoms with Gasteiger partial charge in [0.1, 0.15) is 5.69 Å². The number of alkyl halides is 2. The molecule has 0 saturated heterocycles. The molecular weight excluding hydrogens is 324 g/mol. The van der Waals surface area contributed by atoms with E-state index in [9.17, 15) is 13.6 Å². The van der Waals surface area contributed by atoms with Gasteiger partial charge in [-0.1, -0.05) is 56.3 Å². The van der Waals surface area contributed by atoms with Crippen molar-refractivity contribution in [3.8, 4) is 11.1 Å². The smallest absolute Gasteiger partial charge is 0.356 e. The molecule has 1 heterocycles. The molecule has 3 aromatic rings. The molecule has 0 unspecified atom stereocenters. The molecule has 0 N–H and O–H groups in total. The predicted octanol–water partition coefficient (Wildman–Crippen LogP) is 5.65. The van der Waals surface area contributed by atoms with Crippen LogP contribution in [-0.2, 0) is 4.74 Å². The van der Waals surface area contributed by atoms with E-state index in [1.54, 1.807) is 30.3 Å². The molecule has 25 heavy (non-hydrogen) atoms. The number of halogens is 2. The molecule has 3 nitrogen and oxygen atoms in total. The number of nitrogens with zero attached hydrogens (tertiary/aromatic N) is 1. The van der Waals surface area contributed by atoms with Crippen molar-refractivity contribution in [2.24, 2.45) is 0 Å². The normalized spacial score (nSPS) is 10.3. The van der Waals surface area contributed by atoms with Crippen LogP contribution in [-0.4, -0.2) is 18.1 Å². The second kappa shape index (κ2) is 8.33. The van der Waals surface area contributed by atoms with Crippen LogP contribution < -0.4 is 0 Å². The van der Waals surface area contributed by atoms with Gasteiger partial charge < -0.3 is 4.74 Å². The largest absolute Gasteiger partial charge is 0.464 e. The Hall–Kier alpha value is -2.82. The summed E-state index contributed by atoms with van der Waals surface area (Å²) in [5.41, 5.74) is 2.02. The van der Waals surface area contributed by atoms with E-state index >= 15 is 0 Å². The van der Waals surface area contributed by atoms with Crippen LogP contribution in [0.1, 0.15) is 36.3 Å². The molecule has 2 aromatic carbocycles. The number of carbonyl (C=O) groups excluding carboxylic acids is 1. The maximum Gasteiger partial charge on any atom is 0.356 e. The fourth-order valence-corrected chi connectivity index (χ4v) is 2.44. The molecule has 0 fully saturated rings. The highest BCUT2D eigenvalue weighted by atomic mass is 19.3. The monoisotopic (exact) mass is 343 g/mol. The molecule has 0 bridgehead atoms. The van der Waals surface area contributed by atoms with Gasteiger partial charge in [0.25, 0.3) is 6.43 Å². The molecule has 0 radical (unpaired) electrons. The number of benzene rings is 2. The average Bonchev–Trinajstić information content (AvgIpc) is 2.68. The van der Waals surface area contributed by atoms with Crippen LogP contribution >= 0.6 is 0 Å². The first-order chi connectivity index (χ1) is 12.1. The Morgan fingerprint density at radius 2 is 1.76 bits per heavy atom. The van der Waals surface area contributed by atoms with Crippen LogP contribution in [0.25, 0.3) is 22.0 Å². The number of aromatic nitrogens is 1. The van der Waals surface area contributed by atoms with E-state index < -0.39 is 12.4 Å². The molecule has 0 aliphatic heterocycles. The van der Waals surface area contributed by atoms with Gasteiger partial charge in [0.05, 0.1) is 12.6 Å². The molecule has 0 saturated carbocycles. The van der Waals surface area contributed by atoms with Crippen molar-refractivity contribution in [2.75, 3.05) is 7.11 Å². The minimum atomic E-state index is -2.54. The van der Waals surface area contributed by atoms with E-state index in [1.807, 2.05) is 26.0 Å². The molecule has 1 aromatic heterocycles. The molecule has 0 aliphatic rings. The summed E-state index contributed by atoms with van der Waals surface area (Å²) in [4.78, 5) is 16.0. The zero-order valence-corrected chi connectivity index (χ0v) is 14.3. The topological polar surface area (TPSA) is 39.2 Å². The third kappa shape index (κ3) is 3.99. The van der Waals surface area contributed by atoms with Gasteiger partial charge in [-0.15, -0.1) is 0 Å². The Labute approximate surface area is 145 Å². The van der Waals surface area contributed by atoms with Gasteiger partial charge in [-0.2, -0.15) is 0 Å². The van der Waals surface area contributed by atoms with Crippen molar-refractivity contribution in [1.82, 2.24) is 4.98 Å². The number of pyridine rings is 1. The third-order valence-electron chi connectivity index (χ3n) is 3.56. The number of para-hydroxylation sites is 1. The quantitative estimate of drug-likeness (QED) is 0.577. The lowest BCUT2D eigenvalue weighted by atomic mass is 10.00. The number of hydrogen-bond donors (Lipinski definition) is 0. The van der Waals surface area contributed by atoms with Gasteiger partial charge in [-0.05, 0) is 17.7 Å². The molecule has 0 spiro atoms. The molecular formula is C20H19F2NO2. The lowest BCUT2D eigenvalue weighted by Gasteiger charge is -2.09. The Morgan fingerprint density at radius 1 is 1.04 bits per heavy atom. The van der Waals surface area contributed by atoms with Gasteiger partial charge in [-0.25, -0.2) is 18.6 Å². The summed E-state index contributed by atoms with van der Waals surface area (Å²) in [5.74, 6) is -0.539. The summed E-state index contributed by atoms with van der Waals surface area (Å²) >= 11 is 0. The highest BCUT2D eigenvalue weighted by molar-refractivity contribution is 5.97. The molecule has 130 valence electrons. The first-order valence-electron chi connectivity index (χ1n) is 7.96. The first kappa shape index (κ1) is 18.5. The van der Waals surface area contributed by atoms with Crippen molar-refractivity contribution >= 4 is 16.9 Å². The minimum absolute atomic E-state index is 0.0522. The van der Waals surface area contributed by atoms with Crippen LogP contribution in [0.5, 0.6) is 0 Å². The second-order valence-electron chi connectivity index (χ2n) is 4.99. The van der Waals surface area contributed by atoms with E-state index in [0.717, 1.165) is 5.39 Å². The van der Waals surface area contributed by atoms with Crippen LogP contribution in [0.15, 0.2) is 54.6 Å². The highest BCUT2D eigenvalue weighted by Crippen LogP contribution is 2.30. The Bertz CT molecular complexity index is 878. The molecule has 3 rings (SSSR count). The van der Waals surface area contributed by atoms with E-state index in [4.69, 9.17) is 0 Å². The van der Waals surface area contributed by atoms with Gasteiger partial charge in [0, 0.05) is 16.5 Å². The third-order valence-corrected chi connectivity index (χ3v) is 3.56. The summed E-state index contributed by atoms with van der Waals surface area (Å²) in [5, 5.41) is 0.817.